The number of amides is 1. The molecular formula is C14H24F3N3O2. The zero-order valence-electron chi connectivity index (χ0n) is 12.9. The van der Waals surface area contributed by atoms with Gasteiger partial charge in [0, 0.05) is 26.2 Å². The zero-order valence-corrected chi connectivity index (χ0v) is 12.9. The lowest BCUT2D eigenvalue weighted by Gasteiger charge is -2.29. The highest BCUT2D eigenvalue weighted by Crippen LogP contribution is 2.20. The topological polar surface area (TPSA) is 44.8 Å². The molecule has 2 aliphatic rings. The van der Waals surface area contributed by atoms with Gasteiger partial charge < -0.3 is 10.1 Å². The molecule has 1 N–H and O–H groups in total. The van der Waals surface area contributed by atoms with E-state index in [-0.39, 0.29) is 0 Å². The first kappa shape index (κ1) is 17.5. The molecule has 2 atom stereocenters. The highest BCUT2D eigenvalue weighted by Gasteiger charge is 2.33. The number of morpholine rings is 1. The number of likely N-dealkylation sites (tertiary alicyclic amines) is 1. The molecule has 1 amide bonds. The van der Waals surface area contributed by atoms with Crippen LogP contribution < -0.4 is 5.32 Å². The zero-order chi connectivity index (χ0) is 16.2. The molecule has 2 heterocycles. The van der Waals surface area contributed by atoms with Crippen molar-refractivity contribution in [1.82, 2.24) is 15.1 Å². The molecule has 2 aliphatic heterocycles. The Kier molecular flexibility index (Phi) is 6.05. The second-order valence-corrected chi connectivity index (χ2v) is 6.07. The van der Waals surface area contributed by atoms with Crippen LogP contribution in [0.1, 0.15) is 13.3 Å². The molecule has 0 saturated carbocycles. The van der Waals surface area contributed by atoms with Crippen LogP contribution in [0.5, 0.6) is 0 Å². The SMILES string of the molecule is CC(C(=O)NCC(F)(F)F)N1CCC(CN2CCOCC2)C1. The molecule has 0 aromatic carbocycles. The van der Waals surface area contributed by atoms with Gasteiger partial charge in [-0.3, -0.25) is 14.6 Å². The Morgan fingerprint density at radius 1 is 1.32 bits per heavy atom. The Hall–Kier alpha value is -0.860. The van der Waals surface area contributed by atoms with Gasteiger partial charge in [0.25, 0.3) is 0 Å². The van der Waals surface area contributed by atoms with Gasteiger partial charge in [0.1, 0.15) is 6.54 Å². The highest BCUT2D eigenvalue weighted by atomic mass is 19.4. The number of nitrogens with one attached hydrogen (secondary N) is 1. The Morgan fingerprint density at radius 2 is 2.00 bits per heavy atom. The van der Waals surface area contributed by atoms with Crippen molar-refractivity contribution in [3.8, 4) is 0 Å². The summed E-state index contributed by atoms with van der Waals surface area (Å²) in [6.07, 6.45) is -3.38. The molecule has 22 heavy (non-hydrogen) atoms. The van der Waals surface area contributed by atoms with Crippen molar-refractivity contribution in [2.75, 3.05) is 52.5 Å². The van der Waals surface area contributed by atoms with Crippen molar-refractivity contribution < 1.29 is 22.7 Å². The molecule has 5 nitrogen and oxygen atoms in total. The molecule has 0 aromatic rings. The van der Waals surface area contributed by atoms with Gasteiger partial charge in [-0.1, -0.05) is 0 Å². The maximum Gasteiger partial charge on any atom is 0.405 e. The molecular weight excluding hydrogens is 299 g/mol. The molecule has 0 radical (unpaired) electrons. The third-order valence-electron chi connectivity index (χ3n) is 4.33. The van der Waals surface area contributed by atoms with Gasteiger partial charge in [0.2, 0.25) is 5.91 Å². The van der Waals surface area contributed by atoms with Crippen molar-refractivity contribution in [2.24, 2.45) is 5.92 Å². The predicted octanol–water partition coefficient (Wildman–Crippen LogP) is 0.708. The lowest BCUT2D eigenvalue weighted by atomic mass is 10.1. The summed E-state index contributed by atoms with van der Waals surface area (Å²) in [5.74, 6) is -0.0830. The standard InChI is InChI=1S/C14H24F3N3O2/c1-11(13(21)18-10-14(15,16)17)20-3-2-12(9-20)8-19-4-6-22-7-5-19/h11-12H,2-10H2,1H3,(H,18,21). The van der Waals surface area contributed by atoms with E-state index in [1.54, 1.807) is 6.92 Å². The van der Waals surface area contributed by atoms with Crippen molar-refractivity contribution in [2.45, 2.75) is 25.6 Å². The van der Waals surface area contributed by atoms with Gasteiger partial charge in [0.15, 0.2) is 0 Å². The average molecular weight is 323 g/mol. The van der Waals surface area contributed by atoms with Gasteiger partial charge >= 0.3 is 6.18 Å². The minimum Gasteiger partial charge on any atom is -0.379 e. The Bertz CT molecular complexity index is 373. The first-order valence-electron chi connectivity index (χ1n) is 7.74. The number of carbonyl (C=O) groups excluding carboxylic acids is 1. The van der Waals surface area contributed by atoms with Crippen LogP contribution in [0.25, 0.3) is 0 Å². The van der Waals surface area contributed by atoms with E-state index in [1.165, 1.54) is 0 Å². The Balaban J connectivity index is 1.73. The Morgan fingerprint density at radius 3 is 2.64 bits per heavy atom. The molecule has 0 bridgehead atoms. The smallest absolute Gasteiger partial charge is 0.379 e. The van der Waals surface area contributed by atoms with Crippen LogP contribution in [0.3, 0.4) is 0 Å². The number of halogens is 3. The second kappa shape index (κ2) is 7.61. The van der Waals surface area contributed by atoms with Crippen LogP contribution >= 0.6 is 0 Å². The first-order chi connectivity index (χ1) is 10.3. The summed E-state index contributed by atoms with van der Waals surface area (Å²) in [6.45, 7) is 6.27. The number of rotatable bonds is 5. The maximum atomic E-state index is 12.1. The quantitative estimate of drug-likeness (QED) is 0.809. The normalized spacial score (nSPS) is 26.1. The van der Waals surface area contributed by atoms with E-state index in [9.17, 15) is 18.0 Å². The molecule has 0 aromatic heterocycles. The maximum absolute atomic E-state index is 12.1. The van der Waals surface area contributed by atoms with Gasteiger partial charge in [-0.2, -0.15) is 13.2 Å². The van der Waals surface area contributed by atoms with Crippen LogP contribution in [-0.2, 0) is 9.53 Å². The van der Waals surface area contributed by atoms with Crippen LogP contribution in [0.4, 0.5) is 13.2 Å². The van der Waals surface area contributed by atoms with Gasteiger partial charge in [0.05, 0.1) is 19.3 Å². The predicted molar refractivity (Wildman–Crippen MR) is 75.5 cm³/mol. The van der Waals surface area contributed by atoms with E-state index >= 15 is 0 Å². The number of nitrogens with zero attached hydrogens (tertiary/aromatic N) is 2. The third-order valence-corrected chi connectivity index (χ3v) is 4.33. The molecule has 2 saturated heterocycles. The number of ether oxygens (including phenoxy) is 1. The fourth-order valence-corrected chi connectivity index (χ4v) is 3.01. The lowest BCUT2D eigenvalue weighted by Crippen LogP contribution is -2.47. The van der Waals surface area contributed by atoms with Gasteiger partial charge in [-0.15, -0.1) is 0 Å². The summed E-state index contributed by atoms with van der Waals surface area (Å²) < 4.78 is 41.7. The molecule has 2 unspecified atom stereocenters. The largest absolute Gasteiger partial charge is 0.405 e. The van der Waals surface area contributed by atoms with E-state index in [1.807, 2.05) is 10.2 Å². The van der Waals surface area contributed by atoms with Crippen LogP contribution in [-0.4, -0.2) is 80.4 Å². The summed E-state index contributed by atoms with van der Waals surface area (Å²) in [4.78, 5) is 16.1. The molecule has 0 spiro atoms. The summed E-state index contributed by atoms with van der Waals surface area (Å²) in [7, 11) is 0. The fraction of sp³-hybridized carbons (Fsp3) is 0.929. The van der Waals surface area contributed by atoms with Crippen LogP contribution in [0.2, 0.25) is 0 Å². The molecule has 2 rings (SSSR count). The summed E-state index contributed by atoms with van der Waals surface area (Å²) in [6, 6.07) is -0.517. The number of hydrogen-bond acceptors (Lipinski definition) is 4. The number of hydrogen-bond donors (Lipinski definition) is 1. The average Bonchev–Trinajstić information content (AvgIpc) is 2.92. The lowest BCUT2D eigenvalue weighted by molar-refractivity contribution is -0.141. The van der Waals surface area contributed by atoms with E-state index in [0.717, 1.165) is 52.4 Å². The summed E-state index contributed by atoms with van der Waals surface area (Å²) in [5.41, 5.74) is 0. The third kappa shape index (κ3) is 5.40. The van der Waals surface area contributed by atoms with Gasteiger partial charge in [-0.05, 0) is 25.8 Å². The molecule has 2 fully saturated rings. The molecule has 0 aliphatic carbocycles. The van der Waals surface area contributed by atoms with Gasteiger partial charge in [-0.25, -0.2) is 0 Å². The van der Waals surface area contributed by atoms with E-state index < -0.39 is 24.7 Å². The van der Waals surface area contributed by atoms with Crippen molar-refractivity contribution in [1.29, 1.82) is 0 Å². The number of carbonyl (C=O) groups is 1. The highest BCUT2D eigenvalue weighted by molar-refractivity contribution is 5.81. The van der Waals surface area contributed by atoms with E-state index in [2.05, 4.69) is 4.90 Å². The van der Waals surface area contributed by atoms with Crippen LogP contribution in [0, 0.1) is 5.92 Å². The van der Waals surface area contributed by atoms with Crippen molar-refractivity contribution in [3.63, 3.8) is 0 Å². The fourth-order valence-electron chi connectivity index (χ4n) is 3.01. The minimum atomic E-state index is -4.36. The van der Waals surface area contributed by atoms with Crippen molar-refractivity contribution in [3.05, 3.63) is 0 Å². The summed E-state index contributed by atoms with van der Waals surface area (Å²) in [5, 5.41) is 1.96. The monoisotopic (exact) mass is 323 g/mol. The number of alkyl halides is 3. The van der Waals surface area contributed by atoms with Crippen LogP contribution in [0.15, 0.2) is 0 Å². The second-order valence-electron chi connectivity index (χ2n) is 6.07. The van der Waals surface area contributed by atoms with Crippen molar-refractivity contribution >= 4 is 5.91 Å². The van der Waals surface area contributed by atoms with E-state index in [4.69, 9.17) is 4.74 Å². The molecule has 128 valence electrons. The summed E-state index contributed by atoms with van der Waals surface area (Å²) >= 11 is 0. The molecule has 8 heteroatoms. The van der Waals surface area contributed by atoms with E-state index in [0.29, 0.717) is 5.92 Å². The minimum absolute atomic E-state index is 0.468. The first-order valence-corrected chi connectivity index (χ1v) is 7.74. The Labute approximate surface area is 128 Å².